The molecule has 3 rings (SSSR count). The van der Waals surface area contributed by atoms with Crippen molar-refractivity contribution in [2.75, 3.05) is 16.2 Å². The summed E-state index contributed by atoms with van der Waals surface area (Å²) >= 11 is 12.4. The molecule has 1 N–H and O–H groups in total. The molecule has 0 saturated carbocycles. The molecule has 3 aromatic rings. The number of hydrogen-bond donors (Lipinski definition) is 1. The third kappa shape index (κ3) is 6.03. The fourth-order valence-electron chi connectivity index (χ4n) is 3.16. The molecule has 0 aliphatic carbocycles. The van der Waals surface area contributed by atoms with Gasteiger partial charge < -0.3 is 5.32 Å². The number of nitrogens with one attached hydrogen (secondary N) is 1. The van der Waals surface area contributed by atoms with Crippen molar-refractivity contribution in [1.82, 2.24) is 0 Å². The molecule has 0 saturated heterocycles. The van der Waals surface area contributed by atoms with Gasteiger partial charge in [0.15, 0.2) is 0 Å². The Morgan fingerprint density at radius 3 is 2.31 bits per heavy atom. The lowest BCUT2D eigenvalue weighted by molar-refractivity contribution is -0.114. The molecule has 32 heavy (non-hydrogen) atoms. The number of nitrogens with zero attached hydrogens (tertiary/aromatic N) is 1. The molecule has 1 amide bonds. The normalized spacial score (nSPS) is 11.2. The van der Waals surface area contributed by atoms with E-state index in [1.54, 1.807) is 24.3 Å². The molecule has 168 valence electrons. The van der Waals surface area contributed by atoms with Gasteiger partial charge in [-0.3, -0.25) is 9.10 Å². The van der Waals surface area contributed by atoms with E-state index in [2.05, 4.69) is 12.2 Å². The number of carbonyl (C=O) groups excluding carboxylic acids is 1. The summed E-state index contributed by atoms with van der Waals surface area (Å²) < 4.78 is 27.7. The number of hydrogen-bond acceptors (Lipinski definition) is 3. The average molecular weight is 491 g/mol. The quantitative estimate of drug-likeness (QED) is 0.389. The van der Waals surface area contributed by atoms with E-state index in [-0.39, 0.29) is 15.6 Å². The molecule has 0 atom stereocenters. The van der Waals surface area contributed by atoms with E-state index in [0.717, 1.165) is 23.6 Å². The molecule has 0 bridgehead atoms. The Kier molecular flexibility index (Phi) is 8.18. The number of halogens is 2. The first-order valence-corrected chi connectivity index (χ1v) is 12.4. The average Bonchev–Trinajstić information content (AvgIpc) is 2.79. The second-order valence-electron chi connectivity index (χ2n) is 7.27. The van der Waals surface area contributed by atoms with Gasteiger partial charge in [-0.1, -0.05) is 66.9 Å². The second-order valence-corrected chi connectivity index (χ2v) is 9.98. The number of rotatable bonds is 9. The number of anilines is 2. The van der Waals surface area contributed by atoms with Gasteiger partial charge in [0.2, 0.25) is 5.91 Å². The lowest BCUT2D eigenvalue weighted by Gasteiger charge is -2.25. The zero-order chi connectivity index (χ0) is 23.1. The van der Waals surface area contributed by atoms with Crippen LogP contribution in [-0.2, 0) is 21.2 Å². The molecule has 0 unspecified atom stereocenters. The van der Waals surface area contributed by atoms with Gasteiger partial charge in [-0.25, -0.2) is 8.42 Å². The summed E-state index contributed by atoms with van der Waals surface area (Å²) in [7, 11) is -4.07. The van der Waals surface area contributed by atoms with Gasteiger partial charge in [-0.2, -0.15) is 0 Å². The summed E-state index contributed by atoms with van der Waals surface area (Å²) in [6, 6.07) is 19.9. The number of carbonyl (C=O) groups is 1. The van der Waals surface area contributed by atoms with E-state index in [4.69, 9.17) is 23.2 Å². The SMILES string of the molecule is CCCCc1ccc(NC(=O)CN(c2cc(Cl)ccc2Cl)S(=O)(=O)c2ccccc2)cc1. The Bertz CT molecular complexity index is 1170. The highest BCUT2D eigenvalue weighted by molar-refractivity contribution is 7.92. The summed E-state index contributed by atoms with van der Waals surface area (Å²) in [5, 5.41) is 3.24. The first-order chi connectivity index (χ1) is 15.3. The minimum atomic E-state index is -4.07. The Hall–Kier alpha value is -2.54. The van der Waals surface area contributed by atoms with Crippen LogP contribution in [0.2, 0.25) is 10.0 Å². The van der Waals surface area contributed by atoms with Crippen LogP contribution in [0.4, 0.5) is 11.4 Å². The first-order valence-electron chi connectivity index (χ1n) is 10.2. The largest absolute Gasteiger partial charge is 0.325 e. The van der Waals surface area contributed by atoms with Crippen LogP contribution in [0.25, 0.3) is 0 Å². The van der Waals surface area contributed by atoms with Crippen molar-refractivity contribution in [3.63, 3.8) is 0 Å². The topological polar surface area (TPSA) is 66.5 Å². The van der Waals surface area contributed by atoms with Gasteiger partial charge >= 0.3 is 0 Å². The minimum Gasteiger partial charge on any atom is -0.325 e. The van der Waals surface area contributed by atoms with Crippen LogP contribution in [0, 0.1) is 0 Å². The van der Waals surface area contributed by atoms with Crippen molar-refractivity contribution in [3.8, 4) is 0 Å². The highest BCUT2D eigenvalue weighted by Gasteiger charge is 2.29. The Morgan fingerprint density at radius 1 is 0.969 bits per heavy atom. The van der Waals surface area contributed by atoms with E-state index < -0.39 is 22.5 Å². The predicted molar refractivity (Wildman–Crippen MR) is 131 cm³/mol. The van der Waals surface area contributed by atoms with Crippen molar-refractivity contribution in [1.29, 1.82) is 0 Å². The smallest absolute Gasteiger partial charge is 0.264 e. The first kappa shape index (κ1) is 24.1. The monoisotopic (exact) mass is 490 g/mol. The zero-order valence-corrected chi connectivity index (χ0v) is 19.9. The van der Waals surface area contributed by atoms with Gasteiger partial charge in [0, 0.05) is 10.7 Å². The lowest BCUT2D eigenvalue weighted by atomic mass is 10.1. The standard InChI is InChI=1S/C24H24Cl2N2O3S/c1-2-3-7-18-10-13-20(14-11-18)27-24(29)17-28(23-16-19(25)12-15-22(23)26)32(30,31)21-8-5-4-6-9-21/h4-6,8-16H,2-3,7,17H2,1H3,(H,27,29). The Balaban J connectivity index is 1.87. The van der Waals surface area contributed by atoms with Crippen LogP contribution < -0.4 is 9.62 Å². The van der Waals surface area contributed by atoms with Crippen molar-refractivity contribution in [2.45, 2.75) is 31.1 Å². The fraction of sp³-hybridized carbons (Fsp3) is 0.208. The summed E-state index contributed by atoms with van der Waals surface area (Å²) in [4.78, 5) is 12.9. The fourth-order valence-corrected chi connectivity index (χ4v) is 5.05. The zero-order valence-electron chi connectivity index (χ0n) is 17.6. The van der Waals surface area contributed by atoms with Crippen LogP contribution in [0.15, 0.2) is 77.7 Å². The lowest BCUT2D eigenvalue weighted by Crippen LogP contribution is -2.38. The van der Waals surface area contributed by atoms with E-state index in [0.29, 0.717) is 10.7 Å². The Labute approximate surface area is 199 Å². The van der Waals surface area contributed by atoms with E-state index in [9.17, 15) is 13.2 Å². The number of benzene rings is 3. The summed E-state index contributed by atoms with van der Waals surface area (Å²) in [6.07, 6.45) is 3.18. The minimum absolute atomic E-state index is 0.0455. The molecule has 0 aliphatic heterocycles. The van der Waals surface area contributed by atoms with Crippen LogP contribution in [-0.4, -0.2) is 20.9 Å². The highest BCUT2D eigenvalue weighted by atomic mass is 35.5. The van der Waals surface area contributed by atoms with Gasteiger partial charge in [-0.15, -0.1) is 0 Å². The third-order valence-electron chi connectivity index (χ3n) is 4.85. The molecule has 0 aliphatic rings. The molecule has 5 nitrogen and oxygen atoms in total. The maximum absolute atomic E-state index is 13.4. The van der Waals surface area contributed by atoms with E-state index in [1.807, 2.05) is 24.3 Å². The van der Waals surface area contributed by atoms with Crippen LogP contribution in [0.1, 0.15) is 25.3 Å². The molecule has 0 spiro atoms. The van der Waals surface area contributed by atoms with Crippen molar-refractivity contribution >= 4 is 50.5 Å². The molecule has 8 heteroatoms. The van der Waals surface area contributed by atoms with Gasteiger partial charge in [0.1, 0.15) is 6.54 Å². The van der Waals surface area contributed by atoms with E-state index in [1.165, 1.54) is 29.8 Å². The second kappa shape index (κ2) is 10.9. The summed E-state index contributed by atoms with van der Waals surface area (Å²) in [6.45, 7) is 1.67. The molecule has 0 fully saturated rings. The van der Waals surface area contributed by atoms with Crippen LogP contribution >= 0.6 is 23.2 Å². The molecule has 0 heterocycles. The molecule has 0 radical (unpaired) electrons. The summed E-state index contributed by atoms with van der Waals surface area (Å²) in [5.41, 5.74) is 1.90. The molecular formula is C24H24Cl2N2O3S. The number of sulfonamides is 1. The molecule has 3 aromatic carbocycles. The van der Waals surface area contributed by atoms with Gasteiger partial charge in [0.05, 0.1) is 15.6 Å². The maximum Gasteiger partial charge on any atom is 0.264 e. The van der Waals surface area contributed by atoms with Crippen molar-refractivity contribution in [3.05, 3.63) is 88.4 Å². The number of unbranched alkanes of at least 4 members (excludes halogenated alkanes) is 1. The molecular weight excluding hydrogens is 467 g/mol. The Morgan fingerprint density at radius 2 is 1.66 bits per heavy atom. The summed E-state index contributed by atoms with van der Waals surface area (Å²) in [5.74, 6) is -0.498. The van der Waals surface area contributed by atoms with Gasteiger partial charge in [-0.05, 0) is 60.9 Å². The maximum atomic E-state index is 13.4. The third-order valence-corrected chi connectivity index (χ3v) is 7.18. The predicted octanol–water partition coefficient (Wildman–Crippen LogP) is 6.17. The number of aryl methyl sites for hydroxylation is 1. The number of amides is 1. The van der Waals surface area contributed by atoms with Crippen LogP contribution in [0.3, 0.4) is 0 Å². The van der Waals surface area contributed by atoms with Gasteiger partial charge in [0.25, 0.3) is 10.0 Å². The molecule has 0 aromatic heterocycles. The van der Waals surface area contributed by atoms with Crippen molar-refractivity contribution < 1.29 is 13.2 Å². The van der Waals surface area contributed by atoms with E-state index >= 15 is 0 Å². The van der Waals surface area contributed by atoms with Crippen LogP contribution in [0.5, 0.6) is 0 Å². The van der Waals surface area contributed by atoms with Crippen molar-refractivity contribution in [2.24, 2.45) is 0 Å². The highest BCUT2D eigenvalue weighted by Crippen LogP contribution is 2.33.